The molecule has 0 saturated heterocycles. The van der Waals surface area contributed by atoms with Gasteiger partial charge in [0.2, 0.25) is 5.89 Å². The maximum Gasteiger partial charge on any atom is 0.251 e. The van der Waals surface area contributed by atoms with Crippen molar-refractivity contribution in [2.75, 3.05) is 18.4 Å². The third-order valence-corrected chi connectivity index (χ3v) is 2.69. The van der Waals surface area contributed by atoms with E-state index < -0.39 is 17.5 Å². The summed E-state index contributed by atoms with van der Waals surface area (Å²) in [7, 11) is 0. The number of benzene rings is 1. The molecule has 8 heteroatoms. The van der Waals surface area contributed by atoms with E-state index in [1.54, 1.807) is 6.92 Å². The molecule has 1 amide bonds. The van der Waals surface area contributed by atoms with Crippen LogP contribution in [0.25, 0.3) is 0 Å². The molecule has 21 heavy (non-hydrogen) atoms. The molecule has 0 bridgehead atoms. The van der Waals surface area contributed by atoms with Gasteiger partial charge in [-0.1, -0.05) is 5.16 Å². The second-order valence-corrected chi connectivity index (χ2v) is 4.19. The Bertz CT molecular complexity index is 594. The Morgan fingerprint density at radius 2 is 2.05 bits per heavy atom. The van der Waals surface area contributed by atoms with Gasteiger partial charge in [0.1, 0.15) is 17.3 Å². The number of carbonyl (C=O) groups excluding carboxylic acids is 1. The normalized spacial score (nSPS) is 10.4. The summed E-state index contributed by atoms with van der Waals surface area (Å²) in [6.45, 7) is 2.32. The minimum absolute atomic E-state index is 0.0859. The van der Waals surface area contributed by atoms with Gasteiger partial charge in [0.15, 0.2) is 6.33 Å². The van der Waals surface area contributed by atoms with E-state index in [0.717, 1.165) is 12.1 Å². The number of amides is 1. The van der Waals surface area contributed by atoms with E-state index in [1.807, 2.05) is 0 Å². The Balaban J connectivity index is 1.99. The molecule has 0 aliphatic rings. The van der Waals surface area contributed by atoms with Gasteiger partial charge < -0.3 is 15.2 Å². The lowest BCUT2D eigenvalue weighted by molar-refractivity contribution is 0.0952. The van der Waals surface area contributed by atoms with Crippen LogP contribution in [-0.4, -0.2) is 29.1 Å². The highest BCUT2D eigenvalue weighted by Crippen LogP contribution is 2.20. The molecule has 2 aromatic rings. The van der Waals surface area contributed by atoms with Gasteiger partial charge in [0, 0.05) is 25.1 Å². The van der Waals surface area contributed by atoms with Crippen molar-refractivity contribution in [3.63, 3.8) is 0 Å². The molecule has 0 radical (unpaired) electrons. The van der Waals surface area contributed by atoms with Crippen molar-refractivity contribution in [1.82, 2.24) is 15.5 Å². The Morgan fingerprint density at radius 1 is 1.33 bits per heavy atom. The van der Waals surface area contributed by atoms with Gasteiger partial charge >= 0.3 is 0 Å². The molecule has 0 saturated carbocycles. The molecule has 0 spiro atoms. The largest absolute Gasteiger partial charge is 0.381 e. The minimum Gasteiger partial charge on any atom is -0.381 e. The molecule has 0 fully saturated rings. The molecule has 6 nitrogen and oxygen atoms in total. The fraction of sp³-hybridized carbons (Fsp3) is 0.308. The summed E-state index contributed by atoms with van der Waals surface area (Å²) in [5, 5.41) is 8.51. The van der Waals surface area contributed by atoms with Crippen molar-refractivity contribution in [2.45, 2.75) is 13.3 Å². The highest BCUT2D eigenvalue weighted by Gasteiger charge is 2.14. The monoisotopic (exact) mass is 296 g/mol. The first-order chi connectivity index (χ1) is 10.1. The van der Waals surface area contributed by atoms with Gasteiger partial charge in [-0.05, 0) is 19.1 Å². The second kappa shape index (κ2) is 6.78. The third kappa shape index (κ3) is 3.74. The predicted octanol–water partition coefficient (Wildman–Crippen LogP) is 1.75. The van der Waals surface area contributed by atoms with Crippen molar-refractivity contribution in [3.05, 3.63) is 41.5 Å². The number of nitrogens with zero attached hydrogens (tertiary/aromatic N) is 2. The van der Waals surface area contributed by atoms with Crippen LogP contribution < -0.4 is 10.6 Å². The van der Waals surface area contributed by atoms with Crippen LogP contribution in [0, 0.1) is 11.6 Å². The molecule has 2 rings (SSSR count). The zero-order valence-electron chi connectivity index (χ0n) is 11.3. The lowest BCUT2D eigenvalue weighted by Crippen LogP contribution is -2.26. The summed E-state index contributed by atoms with van der Waals surface area (Å²) in [5.74, 6) is -1.82. The Hall–Kier alpha value is -2.51. The molecule has 0 aliphatic carbocycles. The molecule has 1 heterocycles. The number of carbonyl (C=O) groups is 1. The van der Waals surface area contributed by atoms with Crippen LogP contribution in [0.2, 0.25) is 0 Å². The predicted molar refractivity (Wildman–Crippen MR) is 70.9 cm³/mol. The first-order valence-corrected chi connectivity index (χ1v) is 6.38. The third-order valence-electron chi connectivity index (χ3n) is 2.69. The van der Waals surface area contributed by atoms with Gasteiger partial charge in [-0.2, -0.15) is 4.98 Å². The SMILES string of the molecule is CCNc1c(F)cc(C(=O)NCCc2ncno2)cc1F. The number of rotatable bonds is 6. The fourth-order valence-electron chi connectivity index (χ4n) is 1.74. The molecule has 0 aliphatic heterocycles. The second-order valence-electron chi connectivity index (χ2n) is 4.19. The van der Waals surface area contributed by atoms with E-state index in [0.29, 0.717) is 18.9 Å². The molecular formula is C13H14F2N4O2. The van der Waals surface area contributed by atoms with Gasteiger partial charge in [-0.3, -0.25) is 4.79 Å². The molecular weight excluding hydrogens is 282 g/mol. The number of anilines is 1. The van der Waals surface area contributed by atoms with E-state index in [2.05, 4.69) is 20.8 Å². The zero-order chi connectivity index (χ0) is 15.2. The van der Waals surface area contributed by atoms with E-state index in [4.69, 9.17) is 4.52 Å². The number of hydrogen-bond donors (Lipinski definition) is 2. The highest BCUT2D eigenvalue weighted by molar-refractivity contribution is 5.94. The lowest BCUT2D eigenvalue weighted by atomic mass is 10.1. The van der Waals surface area contributed by atoms with E-state index in [-0.39, 0.29) is 17.8 Å². The summed E-state index contributed by atoms with van der Waals surface area (Å²) in [5.41, 5.74) is -0.322. The van der Waals surface area contributed by atoms with Crippen molar-refractivity contribution in [3.8, 4) is 0 Å². The van der Waals surface area contributed by atoms with Gasteiger partial charge in [-0.15, -0.1) is 0 Å². The molecule has 0 atom stereocenters. The van der Waals surface area contributed by atoms with Crippen LogP contribution in [-0.2, 0) is 6.42 Å². The minimum atomic E-state index is -0.807. The van der Waals surface area contributed by atoms with Crippen LogP contribution in [0.3, 0.4) is 0 Å². The smallest absolute Gasteiger partial charge is 0.251 e. The van der Waals surface area contributed by atoms with E-state index >= 15 is 0 Å². The van der Waals surface area contributed by atoms with E-state index in [1.165, 1.54) is 6.33 Å². The zero-order valence-corrected chi connectivity index (χ0v) is 11.3. The Labute approximate surface area is 119 Å². The number of hydrogen-bond acceptors (Lipinski definition) is 5. The molecule has 1 aromatic carbocycles. The number of aromatic nitrogens is 2. The number of nitrogens with one attached hydrogen (secondary N) is 2. The maximum atomic E-state index is 13.7. The van der Waals surface area contributed by atoms with Gasteiger partial charge in [0.25, 0.3) is 5.91 Å². The van der Waals surface area contributed by atoms with Gasteiger partial charge in [-0.25, -0.2) is 8.78 Å². The summed E-state index contributed by atoms with van der Waals surface area (Å²) in [6.07, 6.45) is 1.59. The van der Waals surface area contributed by atoms with Gasteiger partial charge in [0.05, 0.1) is 0 Å². The van der Waals surface area contributed by atoms with Crippen LogP contribution in [0.15, 0.2) is 23.0 Å². The van der Waals surface area contributed by atoms with Crippen molar-refractivity contribution < 1.29 is 18.1 Å². The lowest BCUT2D eigenvalue weighted by Gasteiger charge is -2.09. The average Bonchev–Trinajstić information content (AvgIpc) is 2.95. The molecule has 2 N–H and O–H groups in total. The summed E-state index contributed by atoms with van der Waals surface area (Å²) >= 11 is 0. The number of halogens is 2. The maximum absolute atomic E-state index is 13.7. The molecule has 1 aromatic heterocycles. The summed E-state index contributed by atoms with van der Waals surface area (Å²) in [4.78, 5) is 15.6. The fourth-order valence-corrected chi connectivity index (χ4v) is 1.74. The van der Waals surface area contributed by atoms with Crippen LogP contribution >= 0.6 is 0 Å². The van der Waals surface area contributed by atoms with Crippen LogP contribution in [0.4, 0.5) is 14.5 Å². The molecule has 0 unspecified atom stereocenters. The van der Waals surface area contributed by atoms with Crippen molar-refractivity contribution >= 4 is 11.6 Å². The first kappa shape index (κ1) is 14.9. The summed E-state index contributed by atoms with van der Waals surface area (Å²) < 4.78 is 32.1. The summed E-state index contributed by atoms with van der Waals surface area (Å²) in [6, 6.07) is 1.98. The highest BCUT2D eigenvalue weighted by atomic mass is 19.1. The van der Waals surface area contributed by atoms with Crippen molar-refractivity contribution in [2.24, 2.45) is 0 Å². The van der Waals surface area contributed by atoms with Crippen LogP contribution in [0.5, 0.6) is 0 Å². The standard InChI is InChI=1S/C13H14F2N4O2/c1-2-16-12-9(14)5-8(6-10(12)15)13(20)17-4-3-11-18-7-19-21-11/h5-7,16H,2-4H2,1H3,(H,17,20). The average molecular weight is 296 g/mol. The van der Waals surface area contributed by atoms with Crippen molar-refractivity contribution in [1.29, 1.82) is 0 Å². The molecule has 112 valence electrons. The van der Waals surface area contributed by atoms with E-state index in [9.17, 15) is 13.6 Å². The Morgan fingerprint density at radius 3 is 2.62 bits per heavy atom. The topological polar surface area (TPSA) is 80.0 Å². The van der Waals surface area contributed by atoms with Crippen LogP contribution in [0.1, 0.15) is 23.2 Å². The Kier molecular flexibility index (Phi) is 4.81. The quantitative estimate of drug-likeness (QED) is 0.849. The first-order valence-electron chi connectivity index (χ1n) is 6.38.